The molecule has 1 aromatic carbocycles. The van der Waals surface area contributed by atoms with Gasteiger partial charge in [-0.1, -0.05) is 24.3 Å². The number of nitrogens with two attached hydrogens (primary N) is 1. The molecule has 4 aromatic rings. The van der Waals surface area contributed by atoms with Gasteiger partial charge in [-0.3, -0.25) is 9.20 Å². The minimum Gasteiger partial charge on any atom is -0.423 e. The molecule has 0 aliphatic rings. The number of hydrogen-bond acceptors (Lipinski definition) is 7. The Balaban J connectivity index is 1.69. The number of imidazole rings is 1. The summed E-state index contributed by atoms with van der Waals surface area (Å²) in [7, 11) is -1.52. The van der Waals surface area contributed by atoms with Crippen LogP contribution in [0.4, 0.5) is 5.82 Å². The normalized spacial score (nSPS) is 11.0. The standard InChI is InChI=1S/C21H21BN6O3/c1-12-10-24-20(17-13(2)26-21-16(18(23)29)7-4-8-28(17)21)27-19(12)25-11-14-5-3-6-15(9-14)22(30)31/h3-10,30-31H,11H2,1-2H3,(H2,23,29)(H,24,25,27). The van der Waals surface area contributed by atoms with Crippen LogP contribution in [0.15, 0.2) is 48.8 Å². The second-order valence-corrected chi connectivity index (χ2v) is 7.22. The second-order valence-electron chi connectivity index (χ2n) is 7.22. The van der Waals surface area contributed by atoms with Gasteiger partial charge in [0.1, 0.15) is 17.2 Å². The highest BCUT2D eigenvalue weighted by molar-refractivity contribution is 6.58. The molecule has 9 nitrogen and oxygen atoms in total. The van der Waals surface area contributed by atoms with Gasteiger partial charge in [-0.05, 0) is 37.0 Å². The Morgan fingerprint density at radius 1 is 1.19 bits per heavy atom. The van der Waals surface area contributed by atoms with E-state index in [-0.39, 0.29) is 0 Å². The molecular weight excluding hydrogens is 395 g/mol. The summed E-state index contributed by atoms with van der Waals surface area (Å²) < 4.78 is 1.76. The zero-order valence-electron chi connectivity index (χ0n) is 17.1. The van der Waals surface area contributed by atoms with E-state index in [9.17, 15) is 14.8 Å². The summed E-state index contributed by atoms with van der Waals surface area (Å²) in [5, 5.41) is 22.0. The van der Waals surface area contributed by atoms with Crippen LogP contribution < -0.4 is 16.5 Å². The zero-order valence-corrected chi connectivity index (χ0v) is 17.1. The monoisotopic (exact) mass is 416 g/mol. The van der Waals surface area contributed by atoms with E-state index in [1.165, 1.54) is 0 Å². The number of pyridine rings is 1. The molecule has 0 spiro atoms. The van der Waals surface area contributed by atoms with Gasteiger partial charge in [0.05, 0.1) is 11.3 Å². The molecule has 4 rings (SSSR count). The smallest absolute Gasteiger partial charge is 0.423 e. The molecule has 0 bridgehead atoms. The fourth-order valence-corrected chi connectivity index (χ4v) is 3.43. The lowest BCUT2D eigenvalue weighted by atomic mass is 9.80. The van der Waals surface area contributed by atoms with E-state index < -0.39 is 13.0 Å². The van der Waals surface area contributed by atoms with E-state index in [4.69, 9.17) is 5.73 Å². The van der Waals surface area contributed by atoms with Gasteiger partial charge in [-0.2, -0.15) is 0 Å². The SMILES string of the molecule is Cc1cnc(-c2c(C)nc3c(C(N)=O)cccn23)nc1NCc1cccc(B(O)O)c1. The summed E-state index contributed by atoms with van der Waals surface area (Å²) >= 11 is 0. The van der Waals surface area contributed by atoms with Crippen LogP contribution in [0.1, 0.15) is 27.2 Å². The van der Waals surface area contributed by atoms with Gasteiger partial charge in [0, 0.05) is 24.5 Å². The van der Waals surface area contributed by atoms with Crippen molar-refractivity contribution in [2.75, 3.05) is 5.32 Å². The molecule has 1 amide bonds. The zero-order chi connectivity index (χ0) is 22.1. The van der Waals surface area contributed by atoms with Crippen LogP contribution in [0.2, 0.25) is 0 Å². The number of nitrogens with zero attached hydrogens (tertiary/aromatic N) is 4. The summed E-state index contributed by atoms with van der Waals surface area (Å²) in [5.41, 5.74) is 9.77. The Morgan fingerprint density at radius 2 is 2.00 bits per heavy atom. The van der Waals surface area contributed by atoms with Gasteiger partial charge < -0.3 is 21.1 Å². The third-order valence-corrected chi connectivity index (χ3v) is 4.98. The first kappa shape index (κ1) is 20.5. The number of amides is 1. The molecule has 0 aliphatic carbocycles. The number of anilines is 1. The summed E-state index contributed by atoms with van der Waals surface area (Å²) in [5.74, 6) is 0.546. The Bertz CT molecular complexity index is 1290. The number of aromatic nitrogens is 4. The molecule has 31 heavy (non-hydrogen) atoms. The molecule has 10 heteroatoms. The molecule has 0 saturated heterocycles. The highest BCUT2D eigenvalue weighted by Gasteiger charge is 2.18. The van der Waals surface area contributed by atoms with Gasteiger partial charge in [0.15, 0.2) is 5.82 Å². The van der Waals surface area contributed by atoms with E-state index in [1.807, 2.05) is 19.9 Å². The number of hydrogen-bond donors (Lipinski definition) is 4. The predicted molar refractivity (Wildman–Crippen MR) is 118 cm³/mol. The lowest BCUT2D eigenvalue weighted by molar-refractivity contribution is 0.100. The quantitative estimate of drug-likeness (QED) is 0.341. The Kier molecular flexibility index (Phi) is 5.41. The maximum absolute atomic E-state index is 11.8. The van der Waals surface area contributed by atoms with Gasteiger partial charge in [0.25, 0.3) is 5.91 Å². The number of carbonyl (C=O) groups excluding carboxylic acids is 1. The third-order valence-electron chi connectivity index (χ3n) is 4.98. The lowest BCUT2D eigenvalue weighted by Gasteiger charge is -2.11. The van der Waals surface area contributed by atoms with Gasteiger partial charge >= 0.3 is 7.12 Å². The first-order chi connectivity index (χ1) is 14.8. The van der Waals surface area contributed by atoms with Crippen molar-refractivity contribution in [3.63, 3.8) is 0 Å². The van der Waals surface area contributed by atoms with E-state index >= 15 is 0 Å². The minimum atomic E-state index is -1.52. The number of primary amides is 1. The second kappa shape index (κ2) is 8.17. The van der Waals surface area contributed by atoms with Crippen molar-refractivity contribution in [3.05, 3.63) is 71.2 Å². The highest BCUT2D eigenvalue weighted by Crippen LogP contribution is 2.25. The van der Waals surface area contributed by atoms with Crippen molar-refractivity contribution in [2.24, 2.45) is 5.73 Å². The minimum absolute atomic E-state index is 0.327. The summed E-state index contributed by atoms with van der Waals surface area (Å²) in [6.07, 6.45) is 3.51. The van der Waals surface area contributed by atoms with Crippen molar-refractivity contribution in [1.29, 1.82) is 0 Å². The van der Waals surface area contributed by atoms with Gasteiger partial charge in [-0.15, -0.1) is 0 Å². The molecule has 156 valence electrons. The molecule has 3 aromatic heterocycles. The van der Waals surface area contributed by atoms with E-state index in [2.05, 4.69) is 20.3 Å². The van der Waals surface area contributed by atoms with Crippen LogP contribution in [0.5, 0.6) is 0 Å². The van der Waals surface area contributed by atoms with Gasteiger partial charge in [0.2, 0.25) is 0 Å². The van der Waals surface area contributed by atoms with Crippen LogP contribution >= 0.6 is 0 Å². The Morgan fingerprint density at radius 3 is 2.74 bits per heavy atom. The number of fused-ring (bicyclic) bond motifs is 1. The Labute approximate surface area is 178 Å². The number of rotatable bonds is 6. The highest BCUT2D eigenvalue weighted by atomic mass is 16.4. The van der Waals surface area contributed by atoms with Crippen LogP contribution in [-0.2, 0) is 6.54 Å². The maximum Gasteiger partial charge on any atom is 0.488 e. The van der Waals surface area contributed by atoms with E-state index in [1.54, 1.807) is 47.1 Å². The average molecular weight is 416 g/mol. The molecule has 0 fully saturated rings. The van der Waals surface area contributed by atoms with Crippen LogP contribution in [0, 0.1) is 13.8 Å². The fourth-order valence-electron chi connectivity index (χ4n) is 3.43. The molecule has 0 saturated carbocycles. The molecule has 0 radical (unpaired) electrons. The lowest BCUT2D eigenvalue weighted by Crippen LogP contribution is -2.30. The average Bonchev–Trinajstić information content (AvgIpc) is 3.09. The summed E-state index contributed by atoms with van der Waals surface area (Å²) in [4.78, 5) is 25.4. The van der Waals surface area contributed by atoms with Crippen molar-refractivity contribution < 1.29 is 14.8 Å². The molecule has 0 atom stereocenters. The largest absolute Gasteiger partial charge is 0.488 e. The number of nitrogens with one attached hydrogen (secondary N) is 1. The number of carbonyl (C=O) groups is 1. The van der Waals surface area contributed by atoms with Crippen molar-refractivity contribution in [1.82, 2.24) is 19.4 Å². The van der Waals surface area contributed by atoms with Crippen LogP contribution in [-0.4, -0.2) is 42.4 Å². The molecule has 3 heterocycles. The van der Waals surface area contributed by atoms with Crippen molar-refractivity contribution in [2.45, 2.75) is 20.4 Å². The van der Waals surface area contributed by atoms with Crippen LogP contribution in [0.25, 0.3) is 17.2 Å². The maximum atomic E-state index is 11.8. The summed E-state index contributed by atoms with van der Waals surface area (Å²) in [6.45, 7) is 4.16. The number of benzene rings is 1. The topological polar surface area (TPSA) is 139 Å². The molecule has 0 aliphatic heterocycles. The van der Waals surface area contributed by atoms with Gasteiger partial charge in [-0.25, -0.2) is 15.0 Å². The fraction of sp³-hybridized carbons (Fsp3) is 0.143. The van der Waals surface area contributed by atoms with E-state index in [0.717, 1.165) is 11.1 Å². The summed E-state index contributed by atoms with van der Waals surface area (Å²) in [6, 6.07) is 10.4. The molecule has 0 unspecified atom stereocenters. The van der Waals surface area contributed by atoms with Crippen molar-refractivity contribution >= 4 is 30.0 Å². The third kappa shape index (κ3) is 3.98. The Hall–Kier alpha value is -3.76. The molecular formula is C21H21BN6O3. The first-order valence-corrected chi connectivity index (χ1v) is 9.65. The molecule has 5 N–H and O–H groups in total. The van der Waals surface area contributed by atoms with Crippen molar-refractivity contribution in [3.8, 4) is 11.5 Å². The first-order valence-electron chi connectivity index (χ1n) is 9.65. The van der Waals surface area contributed by atoms with Crippen LogP contribution in [0.3, 0.4) is 0 Å². The predicted octanol–water partition coefficient (Wildman–Crippen LogP) is 0.799. The van der Waals surface area contributed by atoms with E-state index in [0.29, 0.717) is 46.2 Å². The number of aryl methyl sites for hydroxylation is 2.